The fourth-order valence-corrected chi connectivity index (χ4v) is 1.23. The molecule has 1 heterocycles. The molecular weight excluding hydrogens is 208 g/mol. The number of carbonyl (C=O) groups is 1. The van der Waals surface area contributed by atoms with Crippen molar-refractivity contribution in [2.75, 3.05) is 0 Å². The summed E-state index contributed by atoms with van der Waals surface area (Å²) in [6.07, 6.45) is 5.46. The third-order valence-electron chi connectivity index (χ3n) is 2.18. The average molecular weight is 222 g/mol. The third-order valence-corrected chi connectivity index (χ3v) is 2.18. The van der Waals surface area contributed by atoms with Crippen LogP contribution in [0.3, 0.4) is 0 Å². The maximum Gasteiger partial charge on any atom is 0.339 e. The molecule has 0 aliphatic carbocycles. The average Bonchev–Trinajstić information content (AvgIpc) is 2.17. The standard InChI is InChI=1S/C11H14N2O3/c1-11(2,16)7-3-4-9(13-6-7)8(5-12)10(14)15/h3-6,12-13,16H,1-2H3,(H,14,15)/b9-8+,12-5?. The molecule has 0 saturated carbocycles. The van der Waals surface area contributed by atoms with Crippen LogP contribution in [0.15, 0.2) is 35.2 Å². The molecular formula is C11H14N2O3. The van der Waals surface area contributed by atoms with E-state index in [0.717, 1.165) is 6.21 Å². The highest BCUT2D eigenvalue weighted by atomic mass is 16.4. The molecule has 1 rings (SSSR count). The molecule has 4 N–H and O–H groups in total. The first-order chi connectivity index (χ1) is 7.36. The summed E-state index contributed by atoms with van der Waals surface area (Å²) in [4.78, 5) is 10.8. The number of allylic oxidation sites excluding steroid dienone is 1. The molecule has 0 fully saturated rings. The van der Waals surface area contributed by atoms with E-state index in [0.29, 0.717) is 11.3 Å². The predicted octanol–water partition coefficient (Wildman–Crippen LogP) is 0.789. The first-order valence-electron chi connectivity index (χ1n) is 4.72. The van der Waals surface area contributed by atoms with Crippen molar-refractivity contribution in [2.45, 2.75) is 19.4 Å². The Morgan fingerprint density at radius 3 is 2.44 bits per heavy atom. The van der Waals surface area contributed by atoms with E-state index >= 15 is 0 Å². The van der Waals surface area contributed by atoms with Gasteiger partial charge in [-0.1, -0.05) is 6.08 Å². The molecule has 0 radical (unpaired) electrons. The molecule has 5 heteroatoms. The molecule has 0 aromatic rings. The van der Waals surface area contributed by atoms with E-state index in [1.807, 2.05) is 0 Å². The van der Waals surface area contributed by atoms with Gasteiger partial charge in [-0.05, 0) is 25.5 Å². The van der Waals surface area contributed by atoms with Crippen LogP contribution in [0.2, 0.25) is 0 Å². The molecule has 16 heavy (non-hydrogen) atoms. The lowest BCUT2D eigenvalue weighted by Crippen LogP contribution is -2.25. The molecule has 0 saturated heterocycles. The van der Waals surface area contributed by atoms with Crippen molar-refractivity contribution >= 4 is 12.2 Å². The number of hydrogen-bond acceptors (Lipinski definition) is 4. The Bertz CT molecular complexity index is 411. The van der Waals surface area contributed by atoms with Gasteiger partial charge in [0.05, 0.1) is 11.3 Å². The Labute approximate surface area is 93.3 Å². The quantitative estimate of drug-likeness (QED) is 0.419. The van der Waals surface area contributed by atoms with E-state index in [1.54, 1.807) is 19.9 Å². The van der Waals surface area contributed by atoms with Gasteiger partial charge in [0.25, 0.3) is 0 Å². The van der Waals surface area contributed by atoms with E-state index in [2.05, 4.69) is 5.32 Å². The lowest BCUT2D eigenvalue weighted by molar-refractivity contribution is -0.132. The summed E-state index contributed by atoms with van der Waals surface area (Å²) in [6.45, 7) is 3.27. The largest absolute Gasteiger partial charge is 0.478 e. The minimum atomic E-state index is -1.16. The Morgan fingerprint density at radius 1 is 1.50 bits per heavy atom. The van der Waals surface area contributed by atoms with Gasteiger partial charge in [0.15, 0.2) is 0 Å². The summed E-state index contributed by atoms with van der Waals surface area (Å²) in [5.74, 6) is -1.16. The van der Waals surface area contributed by atoms with Crippen LogP contribution in [0, 0.1) is 5.41 Å². The maximum absolute atomic E-state index is 10.8. The molecule has 0 unspecified atom stereocenters. The highest BCUT2D eigenvalue weighted by molar-refractivity contribution is 6.08. The molecule has 1 aliphatic rings. The summed E-state index contributed by atoms with van der Waals surface area (Å²) in [5.41, 5.74) is -0.132. The third kappa shape index (κ3) is 2.58. The number of rotatable bonds is 3. The number of hydrogen-bond donors (Lipinski definition) is 4. The van der Waals surface area contributed by atoms with Crippen LogP contribution < -0.4 is 5.32 Å². The number of carboxylic acid groups (broad SMARTS) is 1. The summed E-state index contributed by atoms with van der Waals surface area (Å²) in [6, 6.07) is 0. The van der Waals surface area contributed by atoms with Crippen molar-refractivity contribution in [3.05, 3.63) is 35.2 Å². The van der Waals surface area contributed by atoms with Crippen LogP contribution in [0.1, 0.15) is 13.8 Å². The normalized spacial score (nSPS) is 18.6. The van der Waals surface area contributed by atoms with E-state index in [4.69, 9.17) is 10.5 Å². The van der Waals surface area contributed by atoms with Crippen LogP contribution >= 0.6 is 0 Å². The van der Waals surface area contributed by atoms with Crippen LogP contribution in [-0.4, -0.2) is 28.0 Å². The van der Waals surface area contributed by atoms with Gasteiger partial charge in [-0.3, -0.25) is 0 Å². The molecule has 86 valence electrons. The van der Waals surface area contributed by atoms with Crippen molar-refractivity contribution < 1.29 is 15.0 Å². The second kappa shape index (κ2) is 4.32. The molecule has 0 bridgehead atoms. The second-order valence-electron chi connectivity index (χ2n) is 3.91. The molecule has 0 atom stereocenters. The number of carboxylic acids is 1. The zero-order valence-corrected chi connectivity index (χ0v) is 9.11. The Kier molecular flexibility index (Phi) is 3.29. The summed E-state index contributed by atoms with van der Waals surface area (Å²) < 4.78 is 0. The van der Waals surface area contributed by atoms with Gasteiger partial charge < -0.3 is 20.9 Å². The van der Waals surface area contributed by atoms with Gasteiger partial charge in [-0.25, -0.2) is 4.79 Å². The summed E-state index contributed by atoms with van der Waals surface area (Å²) >= 11 is 0. The molecule has 5 nitrogen and oxygen atoms in total. The first kappa shape index (κ1) is 12.2. The number of nitrogens with one attached hydrogen (secondary N) is 2. The first-order valence-corrected chi connectivity index (χ1v) is 4.72. The van der Waals surface area contributed by atoms with Crippen molar-refractivity contribution in [2.24, 2.45) is 0 Å². The predicted molar refractivity (Wildman–Crippen MR) is 60.1 cm³/mol. The number of aliphatic carboxylic acids is 1. The van der Waals surface area contributed by atoms with Crippen molar-refractivity contribution in [1.82, 2.24) is 5.32 Å². The molecule has 0 amide bonds. The van der Waals surface area contributed by atoms with Crippen LogP contribution in [0.25, 0.3) is 0 Å². The fourth-order valence-electron chi connectivity index (χ4n) is 1.23. The monoisotopic (exact) mass is 222 g/mol. The number of dihydropyridines is 1. The van der Waals surface area contributed by atoms with E-state index in [9.17, 15) is 9.90 Å². The molecule has 0 aromatic carbocycles. The van der Waals surface area contributed by atoms with Crippen molar-refractivity contribution in [3.63, 3.8) is 0 Å². The van der Waals surface area contributed by atoms with Crippen LogP contribution in [-0.2, 0) is 4.79 Å². The summed E-state index contributed by atoms with van der Waals surface area (Å²) in [7, 11) is 0. The van der Waals surface area contributed by atoms with Gasteiger partial charge in [0.1, 0.15) is 5.57 Å². The van der Waals surface area contributed by atoms with E-state index in [-0.39, 0.29) is 5.57 Å². The van der Waals surface area contributed by atoms with Crippen molar-refractivity contribution in [3.8, 4) is 0 Å². The molecule has 0 spiro atoms. The number of aliphatic hydroxyl groups is 1. The van der Waals surface area contributed by atoms with Gasteiger partial charge in [0.2, 0.25) is 0 Å². The lowest BCUT2D eigenvalue weighted by Gasteiger charge is -2.22. The lowest BCUT2D eigenvalue weighted by atomic mass is 9.96. The van der Waals surface area contributed by atoms with Gasteiger partial charge in [-0.15, -0.1) is 0 Å². The van der Waals surface area contributed by atoms with Gasteiger partial charge in [-0.2, -0.15) is 0 Å². The van der Waals surface area contributed by atoms with E-state index in [1.165, 1.54) is 12.3 Å². The van der Waals surface area contributed by atoms with Crippen LogP contribution in [0.5, 0.6) is 0 Å². The van der Waals surface area contributed by atoms with Gasteiger partial charge >= 0.3 is 5.97 Å². The van der Waals surface area contributed by atoms with Crippen LogP contribution in [0.4, 0.5) is 0 Å². The topological polar surface area (TPSA) is 93.4 Å². The summed E-state index contributed by atoms with van der Waals surface area (Å²) in [5, 5.41) is 28.2. The SMILES string of the molecule is CC(C)(O)C1=CN/C(=C(\C=N)C(=O)O)C=C1. The highest BCUT2D eigenvalue weighted by Crippen LogP contribution is 2.20. The Morgan fingerprint density at radius 2 is 2.12 bits per heavy atom. The Balaban J connectivity index is 3.00. The second-order valence-corrected chi connectivity index (χ2v) is 3.91. The maximum atomic E-state index is 10.8. The highest BCUT2D eigenvalue weighted by Gasteiger charge is 2.20. The smallest absolute Gasteiger partial charge is 0.339 e. The fraction of sp³-hybridized carbons (Fsp3) is 0.273. The minimum absolute atomic E-state index is 0.123. The zero-order valence-electron chi connectivity index (χ0n) is 9.11. The minimum Gasteiger partial charge on any atom is -0.478 e. The van der Waals surface area contributed by atoms with E-state index < -0.39 is 11.6 Å². The molecule has 0 aromatic heterocycles. The Hall–Kier alpha value is -1.88. The van der Waals surface area contributed by atoms with Gasteiger partial charge in [0, 0.05) is 12.4 Å². The zero-order chi connectivity index (χ0) is 12.3. The molecule has 1 aliphatic heterocycles. The van der Waals surface area contributed by atoms with Crippen molar-refractivity contribution in [1.29, 1.82) is 5.41 Å².